The third-order valence-corrected chi connectivity index (χ3v) is 2.86. The van der Waals surface area contributed by atoms with Gasteiger partial charge in [0.15, 0.2) is 0 Å². The number of rotatable bonds is 1. The first-order valence-electron chi connectivity index (χ1n) is 5.39. The summed E-state index contributed by atoms with van der Waals surface area (Å²) in [6.07, 6.45) is 1.89. The fourth-order valence-corrected chi connectivity index (χ4v) is 2.08. The third-order valence-electron chi connectivity index (χ3n) is 2.86. The van der Waals surface area contributed by atoms with Crippen molar-refractivity contribution in [2.45, 2.75) is 13.1 Å². The lowest BCUT2D eigenvalue weighted by molar-refractivity contribution is 0.475. The summed E-state index contributed by atoms with van der Waals surface area (Å²) >= 11 is 0. The molecule has 0 amide bonds. The molecule has 0 spiro atoms. The molecule has 2 heterocycles. The molecule has 0 unspecified atom stereocenters. The number of nitrogens with one attached hydrogen (secondary N) is 1. The number of aromatic nitrogens is 2. The van der Waals surface area contributed by atoms with Crippen molar-refractivity contribution >= 4 is 0 Å². The largest absolute Gasteiger partial charge is 0.508 e. The Bertz CT molecular complexity index is 519. The Labute approximate surface area is 93.6 Å². The van der Waals surface area contributed by atoms with Crippen molar-refractivity contribution in [1.82, 2.24) is 14.9 Å². The molecule has 0 saturated carbocycles. The van der Waals surface area contributed by atoms with Crippen LogP contribution in [0.5, 0.6) is 5.75 Å². The van der Waals surface area contributed by atoms with Gasteiger partial charge < -0.3 is 15.0 Å². The first-order valence-corrected chi connectivity index (χ1v) is 5.39. The highest BCUT2D eigenvalue weighted by Gasteiger charge is 2.14. The van der Waals surface area contributed by atoms with Gasteiger partial charge in [-0.15, -0.1) is 0 Å². The average molecular weight is 215 g/mol. The van der Waals surface area contributed by atoms with Crippen LogP contribution in [0.3, 0.4) is 0 Å². The molecular weight excluding hydrogens is 202 g/mol. The molecule has 4 heteroatoms. The summed E-state index contributed by atoms with van der Waals surface area (Å²) in [7, 11) is 0. The minimum atomic E-state index is 0.281. The van der Waals surface area contributed by atoms with E-state index in [0.717, 1.165) is 31.0 Å². The lowest BCUT2D eigenvalue weighted by Crippen LogP contribution is -2.27. The maximum absolute atomic E-state index is 9.47. The van der Waals surface area contributed by atoms with E-state index in [2.05, 4.69) is 14.9 Å². The number of benzene rings is 1. The molecule has 3 rings (SSSR count). The fraction of sp³-hybridized carbons (Fsp3) is 0.250. The van der Waals surface area contributed by atoms with E-state index in [1.54, 1.807) is 12.1 Å². The van der Waals surface area contributed by atoms with Crippen molar-refractivity contribution in [2.75, 3.05) is 6.54 Å². The standard InChI is InChI=1S/C12H13N3O/c16-11-3-1-2-9(6-11)12-14-8-10-7-13-4-5-15(10)12/h1-3,6,8,13,16H,4-5,7H2. The van der Waals surface area contributed by atoms with Gasteiger partial charge in [-0.3, -0.25) is 0 Å². The number of phenolic OH excluding ortho intramolecular Hbond substituents is 1. The van der Waals surface area contributed by atoms with Gasteiger partial charge in [0.2, 0.25) is 0 Å². The second-order valence-corrected chi connectivity index (χ2v) is 3.95. The highest BCUT2D eigenvalue weighted by Crippen LogP contribution is 2.24. The van der Waals surface area contributed by atoms with E-state index in [4.69, 9.17) is 0 Å². The maximum atomic E-state index is 9.47. The summed E-state index contributed by atoms with van der Waals surface area (Å²) in [4.78, 5) is 4.42. The molecule has 1 aliphatic rings. The lowest BCUT2D eigenvalue weighted by Gasteiger charge is -2.17. The van der Waals surface area contributed by atoms with Crippen molar-refractivity contribution in [3.05, 3.63) is 36.2 Å². The zero-order valence-corrected chi connectivity index (χ0v) is 8.85. The van der Waals surface area contributed by atoms with Crippen molar-refractivity contribution in [1.29, 1.82) is 0 Å². The lowest BCUT2D eigenvalue weighted by atomic mass is 10.2. The van der Waals surface area contributed by atoms with Crippen LogP contribution in [0, 0.1) is 0 Å². The SMILES string of the molecule is Oc1cccc(-c2ncc3n2CCNC3)c1. The minimum absolute atomic E-state index is 0.281. The van der Waals surface area contributed by atoms with Crippen LogP contribution in [0.15, 0.2) is 30.5 Å². The van der Waals surface area contributed by atoms with Gasteiger partial charge >= 0.3 is 0 Å². The van der Waals surface area contributed by atoms with Crippen molar-refractivity contribution in [3.8, 4) is 17.1 Å². The summed E-state index contributed by atoms with van der Waals surface area (Å²) < 4.78 is 2.20. The van der Waals surface area contributed by atoms with Gasteiger partial charge in [0.05, 0.1) is 11.9 Å². The van der Waals surface area contributed by atoms with E-state index in [0.29, 0.717) is 0 Å². The van der Waals surface area contributed by atoms with E-state index in [-0.39, 0.29) is 5.75 Å². The van der Waals surface area contributed by atoms with Crippen LogP contribution in [-0.2, 0) is 13.1 Å². The molecule has 1 aliphatic heterocycles. The molecule has 0 saturated heterocycles. The van der Waals surface area contributed by atoms with Gasteiger partial charge in [-0.2, -0.15) is 0 Å². The van der Waals surface area contributed by atoms with Crippen LogP contribution in [-0.4, -0.2) is 21.2 Å². The predicted octanol–water partition coefficient (Wildman–Crippen LogP) is 1.36. The minimum Gasteiger partial charge on any atom is -0.508 e. The number of aromatic hydroxyl groups is 1. The van der Waals surface area contributed by atoms with Gasteiger partial charge in [-0.05, 0) is 12.1 Å². The van der Waals surface area contributed by atoms with Gasteiger partial charge in [0.25, 0.3) is 0 Å². The second kappa shape index (κ2) is 3.64. The molecular formula is C12H13N3O. The summed E-state index contributed by atoms with van der Waals surface area (Å²) in [6.45, 7) is 2.77. The smallest absolute Gasteiger partial charge is 0.140 e. The van der Waals surface area contributed by atoms with E-state index in [9.17, 15) is 5.11 Å². The topological polar surface area (TPSA) is 50.1 Å². The molecule has 0 atom stereocenters. The Balaban J connectivity index is 2.09. The molecule has 16 heavy (non-hydrogen) atoms. The average Bonchev–Trinajstić information content (AvgIpc) is 2.72. The molecule has 2 N–H and O–H groups in total. The molecule has 82 valence electrons. The number of hydrogen-bond donors (Lipinski definition) is 2. The number of fused-ring (bicyclic) bond motifs is 1. The zero-order chi connectivity index (χ0) is 11.0. The highest BCUT2D eigenvalue weighted by molar-refractivity contribution is 5.58. The summed E-state index contributed by atoms with van der Waals surface area (Å²) in [6, 6.07) is 7.23. The normalized spacial score (nSPS) is 14.8. The van der Waals surface area contributed by atoms with Crippen LogP contribution in [0.25, 0.3) is 11.4 Å². The first kappa shape index (κ1) is 9.42. The molecule has 4 nitrogen and oxygen atoms in total. The molecule has 1 aromatic carbocycles. The number of imidazole rings is 1. The van der Waals surface area contributed by atoms with Gasteiger partial charge in [0, 0.05) is 25.2 Å². The zero-order valence-electron chi connectivity index (χ0n) is 8.85. The molecule has 1 aromatic heterocycles. The Kier molecular flexibility index (Phi) is 2.15. The first-order chi connectivity index (χ1) is 7.84. The molecule has 2 aromatic rings. The van der Waals surface area contributed by atoms with Crippen molar-refractivity contribution in [2.24, 2.45) is 0 Å². The summed E-state index contributed by atoms with van der Waals surface area (Å²) in [5.41, 5.74) is 2.16. The fourth-order valence-electron chi connectivity index (χ4n) is 2.08. The Hall–Kier alpha value is -1.81. The van der Waals surface area contributed by atoms with Gasteiger partial charge in [-0.25, -0.2) is 4.98 Å². The van der Waals surface area contributed by atoms with Gasteiger partial charge in [-0.1, -0.05) is 12.1 Å². The number of hydrogen-bond acceptors (Lipinski definition) is 3. The van der Waals surface area contributed by atoms with Crippen LogP contribution in [0.2, 0.25) is 0 Å². The molecule has 0 radical (unpaired) electrons. The van der Waals surface area contributed by atoms with Gasteiger partial charge in [0.1, 0.15) is 11.6 Å². The van der Waals surface area contributed by atoms with E-state index < -0.39 is 0 Å². The Morgan fingerprint density at radius 1 is 1.38 bits per heavy atom. The quantitative estimate of drug-likeness (QED) is 0.755. The van der Waals surface area contributed by atoms with Crippen LogP contribution in [0.1, 0.15) is 5.69 Å². The monoisotopic (exact) mass is 215 g/mol. The Morgan fingerprint density at radius 2 is 2.31 bits per heavy atom. The molecule has 0 fully saturated rings. The van der Waals surface area contributed by atoms with Crippen LogP contribution in [0.4, 0.5) is 0 Å². The van der Waals surface area contributed by atoms with Crippen LogP contribution < -0.4 is 5.32 Å². The van der Waals surface area contributed by atoms with E-state index in [1.165, 1.54) is 5.69 Å². The predicted molar refractivity (Wildman–Crippen MR) is 61.0 cm³/mol. The van der Waals surface area contributed by atoms with Crippen LogP contribution >= 0.6 is 0 Å². The molecule has 0 bridgehead atoms. The number of nitrogens with zero attached hydrogens (tertiary/aromatic N) is 2. The summed E-state index contributed by atoms with van der Waals surface area (Å²) in [5.74, 6) is 1.22. The summed E-state index contributed by atoms with van der Waals surface area (Å²) in [5, 5.41) is 12.8. The van der Waals surface area contributed by atoms with E-state index >= 15 is 0 Å². The second-order valence-electron chi connectivity index (χ2n) is 3.95. The Morgan fingerprint density at radius 3 is 3.19 bits per heavy atom. The van der Waals surface area contributed by atoms with Crippen molar-refractivity contribution in [3.63, 3.8) is 0 Å². The highest BCUT2D eigenvalue weighted by atomic mass is 16.3. The van der Waals surface area contributed by atoms with Crippen molar-refractivity contribution < 1.29 is 5.11 Å². The maximum Gasteiger partial charge on any atom is 0.140 e. The van der Waals surface area contributed by atoms with E-state index in [1.807, 2.05) is 18.3 Å². The number of phenols is 1. The third kappa shape index (κ3) is 1.47. The molecule has 0 aliphatic carbocycles.